The molecule has 12 nitrogen and oxygen atoms in total. The highest BCUT2D eigenvalue weighted by atomic mass is 16.6. The molecule has 1 saturated carbocycles. The maximum Gasteiger partial charge on any atom is 0.319 e. The van der Waals surface area contributed by atoms with Crippen molar-refractivity contribution in [3.05, 3.63) is 23.5 Å². The van der Waals surface area contributed by atoms with Gasteiger partial charge in [0.05, 0.1) is 37.6 Å². The van der Waals surface area contributed by atoms with Gasteiger partial charge in [0.2, 0.25) is 0 Å². The van der Waals surface area contributed by atoms with Gasteiger partial charge in [-0.2, -0.15) is 5.26 Å². The Morgan fingerprint density at radius 2 is 1.78 bits per heavy atom. The van der Waals surface area contributed by atoms with Gasteiger partial charge < -0.3 is 35.8 Å². The van der Waals surface area contributed by atoms with Gasteiger partial charge in [-0.25, -0.2) is 4.99 Å². The normalized spacial score (nSPS) is 17.9. The minimum atomic E-state index is -0.431. The molecule has 1 aliphatic carbocycles. The molecule has 0 aromatic carbocycles. The van der Waals surface area contributed by atoms with Crippen LogP contribution in [0.15, 0.2) is 17.1 Å². The molecule has 234 valence electrons. The van der Waals surface area contributed by atoms with Crippen molar-refractivity contribution in [1.29, 1.82) is 10.7 Å². The maximum absolute atomic E-state index is 11.0. The molecule has 2 unspecified atom stereocenters. The van der Waals surface area contributed by atoms with Gasteiger partial charge >= 0.3 is 11.9 Å². The lowest BCUT2D eigenvalue weighted by molar-refractivity contribution is -0.146. The Morgan fingerprint density at radius 1 is 1.20 bits per heavy atom. The second kappa shape index (κ2) is 25.7. The maximum atomic E-state index is 11.0. The molecule has 0 amide bonds. The number of aliphatic imine (C=N–C) groups is 1. The lowest BCUT2D eigenvalue weighted by atomic mass is 9.87. The molecule has 1 aromatic rings. The van der Waals surface area contributed by atoms with Crippen molar-refractivity contribution in [2.24, 2.45) is 28.3 Å². The summed E-state index contributed by atoms with van der Waals surface area (Å²) >= 11 is 0. The Morgan fingerprint density at radius 3 is 2.29 bits per heavy atom. The van der Waals surface area contributed by atoms with Crippen molar-refractivity contribution in [2.75, 3.05) is 27.4 Å². The molecule has 2 heterocycles. The quantitative estimate of drug-likeness (QED) is 0.171. The molecular weight excluding hydrogens is 528 g/mol. The molecule has 0 spiro atoms. The van der Waals surface area contributed by atoms with Crippen molar-refractivity contribution in [3.63, 3.8) is 0 Å². The fraction of sp³-hybridized carbons (Fsp3) is 0.690. The van der Waals surface area contributed by atoms with E-state index < -0.39 is 5.97 Å². The van der Waals surface area contributed by atoms with Crippen LogP contribution in [0.1, 0.15) is 96.6 Å². The Bertz CT molecular complexity index is 903. The van der Waals surface area contributed by atoms with Gasteiger partial charge in [0.25, 0.3) is 0 Å². The first-order valence-corrected chi connectivity index (χ1v) is 14.0. The van der Waals surface area contributed by atoms with Gasteiger partial charge in [-0.1, -0.05) is 40.0 Å². The molecule has 0 bridgehead atoms. The molecule has 0 radical (unpaired) electrons. The average Bonchev–Trinajstić information content (AvgIpc) is 3.64. The zero-order valence-corrected chi connectivity index (χ0v) is 25.7. The molecular formula is C29H52N6O6. The lowest BCUT2D eigenvalue weighted by Gasteiger charge is -2.19. The third-order valence-corrected chi connectivity index (χ3v) is 5.65. The van der Waals surface area contributed by atoms with E-state index in [1.165, 1.54) is 46.1 Å². The smallest absolute Gasteiger partial charge is 0.319 e. The Kier molecular flexibility index (Phi) is 25.0. The van der Waals surface area contributed by atoms with Crippen LogP contribution < -0.4 is 11.5 Å². The number of aliphatic hydroxyl groups excluding tert-OH is 1. The number of nitrogens with one attached hydrogen (secondary N) is 2. The van der Waals surface area contributed by atoms with E-state index >= 15 is 0 Å². The van der Waals surface area contributed by atoms with Crippen molar-refractivity contribution < 1.29 is 28.9 Å². The number of esters is 2. The van der Waals surface area contributed by atoms with Crippen molar-refractivity contribution in [3.8, 4) is 6.07 Å². The third-order valence-electron chi connectivity index (χ3n) is 5.65. The number of hydrogen-bond acceptors (Lipinski definition) is 9. The van der Waals surface area contributed by atoms with Gasteiger partial charge in [0.1, 0.15) is 18.8 Å². The highest BCUT2D eigenvalue weighted by Gasteiger charge is 2.28. The molecule has 12 heteroatoms. The summed E-state index contributed by atoms with van der Waals surface area (Å²) < 4.78 is 15.4. The summed E-state index contributed by atoms with van der Waals surface area (Å²) in [6, 6.07) is 5.42. The lowest BCUT2D eigenvalue weighted by Crippen LogP contribution is -2.23. The molecule has 41 heavy (non-hydrogen) atoms. The first-order valence-electron chi connectivity index (χ1n) is 14.0. The van der Waals surface area contributed by atoms with E-state index in [9.17, 15) is 9.59 Å². The molecule has 2 fully saturated rings. The molecule has 1 aliphatic heterocycles. The number of ether oxygens (including phenoxy) is 3. The summed E-state index contributed by atoms with van der Waals surface area (Å²) in [5, 5.41) is 21.2. The monoisotopic (exact) mass is 580 g/mol. The van der Waals surface area contributed by atoms with E-state index in [1.807, 2.05) is 6.07 Å². The second-order valence-corrected chi connectivity index (χ2v) is 9.92. The molecule has 7 N–H and O–H groups in total. The molecule has 2 atom stereocenters. The zero-order valence-electron chi connectivity index (χ0n) is 25.7. The van der Waals surface area contributed by atoms with E-state index in [2.05, 4.69) is 35.5 Å². The van der Waals surface area contributed by atoms with Crippen LogP contribution in [0, 0.1) is 28.6 Å². The topological polar surface area (TPSA) is 210 Å². The van der Waals surface area contributed by atoms with Crippen LogP contribution in [0.2, 0.25) is 0 Å². The van der Waals surface area contributed by atoms with Crippen LogP contribution in [0.5, 0.6) is 0 Å². The molecule has 1 aromatic heterocycles. The number of hydrogen-bond donors (Lipinski definition) is 5. The Hall–Kier alpha value is -3.27. The first kappa shape index (κ1) is 39.9. The van der Waals surface area contributed by atoms with E-state index in [0.717, 1.165) is 37.9 Å². The van der Waals surface area contributed by atoms with E-state index in [4.69, 9.17) is 36.7 Å². The predicted octanol–water partition coefficient (Wildman–Crippen LogP) is 3.98. The van der Waals surface area contributed by atoms with Crippen LogP contribution in [0.4, 0.5) is 0 Å². The predicted molar refractivity (Wildman–Crippen MR) is 160 cm³/mol. The van der Waals surface area contributed by atoms with E-state index in [1.54, 1.807) is 12.1 Å². The van der Waals surface area contributed by atoms with Crippen molar-refractivity contribution in [1.82, 2.24) is 4.98 Å². The number of nitriles is 1. The number of aliphatic hydroxyl groups is 1. The third kappa shape index (κ3) is 20.3. The summed E-state index contributed by atoms with van der Waals surface area (Å²) in [5.41, 5.74) is 12.4. The standard InChI is InChI=1S/C13H19N5O3.C9H16O2.C4H10.C2H3N.CH4O/c14-5-12(19)20-6-8-1-4-11(21-8)9-2-3-10(18-9)13(16)17-7-15;1-11-9(10)7-8-5-3-2-4-6-8;1-4(2)3;1-2-3;1-2/h2-3,7-8,11,18H,1,4-6,14H2,(H3,15,16,17);8H,2-7H2,1H3;4H,1-3H3;1H3;2H,1H3. The number of H-pyrrole nitrogens is 1. The number of methoxy groups -OCH3 is 1. The first-order chi connectivity index (χ1) is 19.6. The number of amidine groups is 1. The van der Waals surface area contributed by atoms with Crippen LogP contribution in [-0.2, 0) is 23.8 Å². The van der Waals surface area contributed by atoms with Crippen molar-refractivity contribution >= 4 is 24.1 Å². The van der Waals surface area contributed by atoms with E-state index in [0.29, 0.717) is 18.0 Å². The summed E-state index contributed by atoms with van der Waals surface area (Å²) in [7, 11) is 2.46. The highest BCUT2D eigenvalue weighted by Crippen LogP contribution is 2.32. The number of aromatic amines is 1. The van der Waals surface area contributed by atoms with Gasteiger partial charge in [0, 0.05) is 26.1 Å². The van der Waals surface area contributed by atoms with E-state index in [-0.39, 0.29) is 37.2 Å². The molecule has 1 saturated heterocycles. The van der Waals surface area contributed by atoms with Crippen LogP contribution in [0.3, 0.4) is 0 Å². The van der Waals surface area contributed by atoms with Crippen LogP contribution in [-0.4, -0.2) is 67.7 Å². The summed E-state index contributed by atoms with van der Waals surface area (Å²) in [5.74, 6) is 1.22. The minimum Gasteiger partial charge on any atom is -0.469 e. The number of aromatic nitrogens is 1. The second-order valence-electron chi connectivity index (χ2n) is 9.92. The van der Waals surface area contributed by atoms with Crippen LogP contribution in [0.25, 0.3) is 0 Å². The largest absolute Gasteiger partial charge is 0.469 e. The number of carbonyl (C=O) groups is 2. The number of nitrogens with zero attached hydrogens (tertiary/aromatic N) is 2. The number of carbonyl (C=O) groups excluding carboxylic acids is 2. The van der Waals surface area contributed by atoms with Gasteiger partial charge in [-0.15, -0.1) is 0 Å². The average molecular weight is 581 g/mol. The van der Waals surface area contributed by atoms with Gasteiger partial charge in [-0.3, -0.25) is 15.0 Å². The van der Waals surface area contributed by atoms with Crippen LogP contribution >= 0.6 is 0 Å². The fourth-order valence-corrected chi connectivity index (χ4v) is 3.90. The summed E-state index contributed by atoms with van der Waals surface area (Å²) in [4.78, 5) is 28.7. The molecule has 3 rings (SSSR count). The summed E-state index contributed by atoms with van der Waals surface area (Å²) in [6.45, 7) is 8.03. The Labute approximate surface area is 245 Å². The summed E-state index contributed by atoms with van der Waals surface area (Å²) in [6.07, 6.45) is 9.32. The number of nitrogens with two attached hydrogens (primary N) is 2. The van der Waals surface area contributed by atoms with Gasteiger partial charge in [0.15, 0.2) is 0 Å². The van der Waals surface area contributed by atoms with Crippen molar-refractivity contribution in [2.45, 2.75) is 91.3 Å². The highest BCUT2D eigenvalue weighted by molar-refractivity contribution is 5.99. The minimum absolute atomic E-state index is 0.0445. The zero-order chi connectivity index (χ0) is 31.6. The Balaban J connectivity index is 0. The van der Waals surface area contributed by atoms with Gasteiger partial charge in [-0.05, 0) is 49.7 Å². The fourth-order valence-electron chi connectivity index (χ4n) is 3.90. The molecule has 2 aliphatic rings. The number of rotatable bonds is 8. The SMILES string of the molecule is CC#N.CC(C)C.CO.COC(=O)CC1CCCCC1.N=CN=C(N)c1ccc(C2CCC(COC(=O)CN)O2)[nH]1.